The van der Waals surface area contributed by atoms with Crippen LogP contribution in [0.3, 0.4) is 0 Å². The van der Waals surface area contributed by atoms with Crippen LogP contribution in [0.1, 0.15) is 16.8 Å². The molecule has 0 amide bonds. The number of aromatic nitrogens is 3. The van der Waals surface area contributed by atoms with Crippen LogP contribution in [0.25, 0.3) is 0 Å². The molecule has 0 spiro atoms. The molecule has 2 rings (SSSR count). The van der Waals surface area contributed by atoms with Crippen LogP contribution in [-0.2, 0) is 6.54 Å². The van der Waals surface area contributed by atoms with Gasteiger partial charge in [-0.25, -0.2) is 9.97 Å². The zero-order chi connectivity index (χ0) is 13.0. The standard InChI is InChI=1S/C13H14N4O/c1-10-7-11(2)16-13(12(10)8-14)18-6-5-17-4-3-15-9-17/h3-4,7,9H,5-6H2,1-2H3. The second kappa shape index (κ2) is 5.32. The Bertz CT molecular complexity index is 569. The van der Waals surface area contributed by atoms with Gasteiger partial charge < -0.3 is 9.30 Å². The van der Waals surface area contributed by atoms with Crippen molar-refractivity contribution in [2.24, 2.45) is 0 Å². The Morgan fingerprint density at radius 3 is 2.94 bits per heavy atom. The largest absolute Gasteiger partial charge is 0.475 e. The van der Waals surface area contributed by atoms with Gasteiger partial charge in [-0.05, 0) is 25.5 Å². The van der Waals surface area contributed by atoms with Crippen LogP contribution in [0.2, 0.25) is 0 Å². The fourth-order valence-corrected chi connectivity index (χ4v) is 1.71. The van der Waals surface area contributed by atoms with Gasteiger partial charge in [0.05, 0.1) is 12.9 Å². The lowest BCUT2D eigenvalue weighted by Crippen LogP contribution is -2.09. The van der Waals surface area contributed by atoms with E-state index in [1.54, 1.807) is 12.5 Å². The Balaban J connectivity index is 2.07. The van der Waals surface area contributed by atoms with Crippen LogP contribution < -0.4 is 4.74 Å². The summed E-state index contributed by atoms with van der Waals surface area (Å²) in [6, 6.07) is 4.00. The minimum atomic E-state index is 0.412. The van der Waals surface area contributed by atoms with Crippen molar-refractivity contribution >= 4 is 0 Å². The third-order valence-corrected chi connectivity index (χ3v) is 2.57. The number of ether oxygens (including phenoxy) is 1. The first-order chi connectivity index (χ1) is 8.70. The molecule has 0 radical (unpaired) electrons. The predicted molar refractivity (Wildman–Crippen MR) is 66.1 cm³/mol. The van der Waals surface area contributed by atoms with Crippen LogP contribution >= 0.6 is 0 Å². The highest BCUT2D eigenvalue weighted by molar-refractivity contribution is 5.45. The molecular formula is C13H14N4O. The van der Waals surface area contributed by atoms with Crippen molar-refractivity contribution in [3.63, 3.8) is 0 Å². The van der Waals surface area contributed by atoms with Gasteiger partial charge in [0.25, 0.3) is 0 Å². The summed E-state index contributed by atoms with van der Waals surface area (Å²) in [6.07, 6.45) is 5.31. The molecule has 92 valence electrons. The van der Waals surface area contributed by atoms with Gasteiger partial charge in [-0.15, -0.1) is 0 Å². The number of imidazole rings is 1. The molecule has 18 heavy (non-hydrogen) atoms. The summed E-state index contributed by atoms with van der Waals surface area (Å²) in [4.78, 5) is 8.20. The fourth-order valence-electron chi connectivity index (χ4n) is 1.71. The topological polar surface area (TPSA) is 63.7 Å². The molecular weight excluding hydrogens is 228 g/mol. The highest BCUT2D eigenvalue weighted by atomic mass is 16.5. The first kappa shape index (κ1) is 12.1. The zero-order valence-corrected chi connectivity index (χ0v) is 10.4. The number of pyridine rings is 1. The molecule has 0 N–H and O–H groups in total. The van der Waals surface area contributed by atoms with Crippen LogP contribution in [0, 0.1) is 25.2 Å². The third kappa shape index (κ3) is 2.66. The molecule has 0 unspecified atom stereocenters. The van der Waals surface area contributed by atoms with E-state index in [0.717, 1.165) is 11.3 Å². The Hall–Kier alpha value is -2.35. The summed E-state index contributed by atoms with van der Waals surface area (Å²) >= 11 is 0. The van der Waals surface area contributed by atoms with Gasteiger partial charge in [-0.3, -0.25) is 0 Å². The van der Waals surface area contributed by atoms with E-state index >= 15 is 0 Å². The lowest BCUT2D eigenvalue weighted by Gasteiger charge is -2.09. The van der Waals surface area contributed by atoms with Crippen molar-refractivity contribution in [2.75, 3.05) is 6.61 Å². The van der Waals surface area contributed by atoms with Gasteiger partial charge in [0.1, 0.15) is 18.2 Å². The number of rotatable bonds is 4. The van der Waals surface area contributed by atoms with Crippen LogP contribution in [0.4, 0.5) is 0 Å². The van der Waals surface area contributed by atoms with Gasteiger partial charge in [0.2, 0.25) is 5.88 Å². The fraction of sp³-hybridized carbons (Fsp3) is 0.308. The molecule has 0 fully saturated rings. The van der Waals surface area contributed by atoms with Crippen molar-refractivity contribution < 1.29 is 4.74 Å². The molecule has 2 aromatic heterocycles. The molecule has 0 atom stereocenters. The molecule has 0 saturated carbocycles. The monoisotopic (exact) mass is 242 g/mol. The van der Waals surface area contributed by atoms with Crippen LogP contribution in [0.5, 0.6) is 5.88 Å². The van der Waals surface area contributed by atoms with Gasteiger partial charge in [0, 0.05) is 18.1 Å². The molecule has 5 heteroatoms. The Kier molecular flexibility index (Phi) is 3.58. The van der Waals surface area contributed by atoms with E-state index in [2.05, 4.69) is 16.0 Å². The quantitative estimate of drug-likeness (QED) is 0.820. The third-order valence-electron chi connectivity index (χ3n) is 2.57. The number of hydrogen-bond acceptors (Lipinski definition) is 4. The number of hydrogen-bond donors (Lipinski definition) is 0. The molecule has 2 aromatic rings. The molecule has 0 aliphatic heterocycles. The second-order valence-corrected chi connectivity index (χ2v) is 4.02. The summed E-state index contributed by atoms with van der Waals surface area (Å²) in [5.41, 5.74) is 2.25. The first-order valence-corrected chi connectivity index (χ1v) is 5.67. The smallest absolute Gasteiger partial charge is 0.232 e. The molecule has 0 aliphatic rings. The summed E-state index contributed by atoms with van der Waals surface area (Å²) < 4.78 is 7.49. The normalized spacial score (nSPS) is 10.1. The Morgan fingerprint density at radius 2 is 2.28 bits per heavy atom. The predicted octanol–water partition coefficient (Wildman–Crippen LogP) is 1.85. The van der Waals surface area contributed by atoms with Gasteiger partial charge in [0.15, 0.2) is 0 Å². The maximum Gasteiger partial charge on any atom is 0.232 e. The van der Waals surface area contributed by atoms with Crippen molar-refractivity contribution in [1.82, 2.24) is 14.5 Å². The number of nitrogens with zero attached hydrogens (tertiary/aromatic N) is 4. The van der Waals surface area contributed by atoms with E-state index < -0.39 is 0 Å². The van der Waals surface area contributed by atoms with E-state index in [1.165, 1.54) is 0 Å². The SMILES string of the molecule is Cc1cc(C)c(C#N)c(OCCn2ccnc2)n1. The zero-order valence-electron chi connectivity index (χ0n) is 10.4. The van der Waals surface area contributed by atoms with Crippen LogP contribution in [0.15, 0.2) is 24.8 Å². The summed E-state index contributed by atoms with van der Waals surface area (Å²) in [6.45, 7) is 4.91. The molecule has 5 nitrogen and oxygen atoms in total. The van der Waals surface area contributed by atoms with E-state index in [-0.39, 0.29) is 0 Å². The molecule has 0 aliphatic carbocycles. The van der Waals surface area contributed by atoms with Gasteiger partial charge in [-0.1, -0.05) is 0 Å². The second-order valence-electron chi connectivity index (χ2n) is 4.02. The molecule has 0 aromatic carbocycles. The Labute approximate surface area is 106 Å². The van der Waals surface area contributed by atoms with E-state index in [9.17, 15) is 0 Å². The maximum absolute atomic E-state index is 9.09. The van der Waals surface area contributed by atoms with E-state index in [4.69, 9.17) is 10.00 Å². The average Bonchev–Trinajstić information content (AvgIpc) is 2.81. The van der Waals surface area contributed by atoms with E-state index in [0.29, 0.717) is 24.6 Å². The van der Waals surface area contributed by atoms with Crippen molar-refractivity contribution in [2.45, 2.75) is 20.4 Å². The van der Waals surface area contributed by atoms with Gasteiger partial charge >= 0.3 is 0 Å². The van der Waals surface area contributed by atoms with Crippen molar-refractivity contribution in [3.05, 3.63) is 41.6 Å². The van der Waals surface area contributed by atoms with E-state index in [1.807, 2.05) is 30.7 Å². The molecule has 2 heterocycles. The average molecular weight is 242 g/mol. The van der Waals surface area contributed by atoms with Crippen molar-refractivity contribution in [1.29, 1.82) is 5.26 Å². The lowest BCUT2D eigenvalue weighted by molar-refractivity contribution is 0.286. The Morgan fingerprint density at radius 1 is 1.44 bits per heavy atom. The highest BCUT2D eigenvalue weighted by Crippen LogP contribution is 2.19. The minimum absolute atomic E-state index is 0.412. The highest BCUT2D eigenvalue weighted by Gasteiger charge is 2.09. The van der Waals surface area contributed by atoms with Gasteiger partial charge in [-0.2, -0.15) is 5.26 Å². The maximum atomic E-state index is 9.09. The summed E-state index contributed by atoms with van der Waals surface area (Å²) in [5, 5.41) is 9.09. The molecule has 0 saturated heterocycles. The van der Waals surface area contributed by atoms with Crippen LogP contribution in [-0.4, -0.2) is 21.1 Å². The summed E-state index contributed by atoms with van der Waals surface area (Å²) in [7, 11) is 0. The number of nitriles is 1. The lowest BCUT2D eigenvalue weighted by atomic mass is 10.1. The van der Waals surface area contributed by atoms with Crippen molar-refractivity contribution in [3.8, 4) is 11.9 Å². The first-order valence-electron chi connectivity index (χ1n) is 5.67. The number of aryl methyl sites for hydroxylation is 2. The minimum Gasteiger partial charge on any atom is -0.475 e. The summed E-state index contributed by atoms with van der Waals surface area (Å²) in [5.74, 6) is 0.412. The molecule has 0 bridgehead atoms.